The topological polar surface area (TPSA) is 63.7 Å². The van der Waals surface area contributed by atoms with Gasteiger partial charge in [0.05, 0.1) is 12.9 Å². The summed E-state index contributed by atoms with van der Waals surface area (Å²) in [5.41, 5.74) is 0. The van der Waals surface area contributed by atoms with Gasteiger partial charge in [-0.1, -0.05) is 0 Å². The summed E-state index contributed by atoms with van der Waals surface area (Å²) in [6.07, 6.45) is 5.13. The lowest BCUT2D eigenvalue weighted by Crippen LogP contribution is -2.39. The Bertz CT molecular complexity index is 372. The van der Waals surface area contributed by atoms with Crippen LogP contribution < -0.4 is 0 Å². The summed E-state index contributed by atoms with van der Waals surface area (Å²) in [6, 6.07) is 0.0819. The summed E-state index contributed by atoms with van der Waals surface area (Å²) in [7, 11) is -1.48. The summed E-state index contributed by atoms with van der Waals surface area (Å²) in [6.45, 7) is 2.22. The number of esters is 1. The maximum absolute atomic E-state index is 11.4. The molecular formula is C12H23NO4S. The van der Waals surface area contributed by atoms with Crippen LogP contribution in [0.2, 0.25) is 0 Å². The van der Waals surface area contributed by atoms with E-state index >= 15 is 0 Å². The van der Waals surface area contributed by atoms with Crippen molar-refractivity contribution in [2.45, 2.75) is 45.1 Å². The molecule has 5 nitrogen and oxygen atoms in total. The predicted octanol–water partition coefficient (Wildman–Crippen LogP) is 1.39. The van der Waals surface area contributed by atoms with Crippen LogP contribution in [0.5, 0.6) is 0 Å². The average Bonchev–Trinajstić information content (AvgIpc) is 2.28. The van der Waals surface area contributed by atoms with Crippen LogP contribution >= 0.6 is 0 Å². The Morgan fingerprint density at radius 3 is 2.28 bits per heavy atom. The van der Waals surface area contributed by atoms with E-state index in [1.54, 1.807) is 14.0 Å². The third kappa shape index (κ3) is 4.57. The number of rotatable bonds is 5. The molecule has 0 aromatic rings. The first kappa shape index (κ1) is 15.4. The van der Waals surface area contributed by atoms with Crippen molar-refractivity contribution in [3.63, 3.8) is 0 Å². The molecule has 6 heteroatoms. The van der Waals surface area contributed by atoms with Gasteiger partial charge in [-0.05, 0) is 38.5 Å². The van der Waals surface area contributed by atoms with Gasteiger partial charge in [-0.25, -0.2) is 12.7 Å². The molecule has 0 saturated heterocycles. The first-order chi connectivity index (χ1) is 8.34. The van der Waals surface area contributed by atoms with Crippen LogP contribution in [0.4, 0.5) is 0 Å². The molecule has 1 saturated carbocycles. The van der Waals surface area contributed by atoms with Crippen LogP contribution in [0, 0.1) is 5.92 Å². The molecule has 0 heterocycles. The zero-order valence-corrected chi connectivity index (χ0v) is 12.2. The summed E-state index contributed by atoms with van der Waals surface area (Å²) in [4.78, 5) is 11.4. The monoisotopic (exact) mass is 277 g/mol. The van der Waals surface area contributed by atoms with Crippen molar-refractivity contribution in [3.05, 3.63) is 0 Å². The summed E-state index contributed by atoms with van der Waals surface area (Å²) in [5, 5.41) is 0. The van der Waals surface area contributed by atoms with E-state index in [0.717, 1.165) is 25.7 Å². The maximum Gasteiger partial charge on any atom is 0.306 e. The summed E-state index contributed by atoms with van der Waals surface area (Å²) < 4.78 is 29.2. The lowest BCUT2D eigenvalue weighted by atomic mass is 9.84. The van der Waals surface area contributed by atoms with Gasteiger partial charge in [-0.2, -0.15) is 0 Å². The van der Waals surface area contributed by atoms with Gasteiger partial charge in [0.15, 0.2) is 0 Å². The number of sulfonamides is 1. The van der Waals surface area contributed by atoms with E-state index < -0.39 is 10.0 Å². The van der Waals surface area contributed by atoms with Crippen molar-refractivity contribution in [1.29, 1.82) is 0 Å². The molecule has 1 rings (SSSR count). The zero-order valence-electron chi connectivity index (χ0n) is 11.4. The van der Waals surface area contributed by atoms with Crippen molar-refractivity contribution in [3.8, 4) is 0 Å². The minimum atomic E-state index is -3.11. The highest BCUT2D eigenvalue weighted by atomic mass is 32.2. The van der Waals surface area contributed by atoms with E-state index in [0.29, 0.717) is 18.9 Å². The zero-order chi connectivity index (χ0) is 13.8. The smallest absolute Gasteiger partial charge is 0.306 e. The second-order valence-electron chi connectivity index (χ2n) is 4.96. The Hall–Kier alpha value is -0.620. The fourth-order valence-electron chi connectivity index (χ4n) is 2.44. The Balaban J connectivity index is 2.39. The van der Waals surface area contributed by atoms with Crippen LogP contribution in [-0.2, 0) is 19.6 Å². The second kappa shape index (κ2) is 6.52. The van der Waals surface area contributed by atoms with Gasteiger partial charge in [0, 0.05) is 19.5 Å². The predicted molar refractivity (Wildman–Crippen MR) is 69.6 cm³/mol. The molecule has 0 aromatic heterocycles. The van der Waals surface area contributed by atoms with Crippen molar-refractivity contribution < 1.29 is 17.9 Å². The molecule has 0 unspecified atom stereocenters. The van der Waals surface area contributed by atoms with E-state index in [1.807, 2.05) is 0 Å². The van der Waals surface area contributed by atoms with E-state index in [1.165, 1.54) is 10.6 Å². The van der Waals surface area contributed by atoms with E-state index in [2.05, 4.69) is 0 Å². The van der Waals surface area contributed by atoms with Crippen LogP contribution in [0.15, 0.2) is 0 Å². The van der Waals surface area contributed by atoms with E-state index in [9.17, 15) is 13.2 Å². The number of nitrogens with zero attached hydrogens (tertiary/aromatic N) is 1. The number of hydrogen-bond acceptors (Lipinski definition) is 4. The third-order valence-electron chi connectivity index (χ3n) is 3.61. The maximum atomic E-state index is 11.4. The van der Waals surface area contributed by atoms with Gasteiger partial charge in [0.1, 0.15) is 0 Å². The second-order valence-corrected chi connectivity index (χ2v) is 7.00. The lowest BCUT2D eigenvalue weighted by Gasteiger charge is -2.32. The van der Waals surface area contributed by atoms with Crippen molar-refractivity contribution in [2.24, 2.45) is 5.92 Å². The quantitative estimate of drug-likeness (QED) is 0.712. The molecule has 1 fully saturated rings. The number of carbonyl (C=O) groups excluding carboxylic acids is 1. The summed E-state index contributed by atoms with van der Waals surface area (Å²) in [5.74, 6) is 0.200. The summed E-state index contributed by atoms with van der Waals surface area (Å²) >= 11 is 0. The highest BCUT2D eigenvalue weighted by Gasteiger charge is 2.29. The molecule has 0 radical (unpaired) electrons. The van der Waals surface area contributed by atoms with Crippen LogP contribution in [0.1, 0.15) is 39.0 Å². The largest absolute Gasteiger partial charge is 0.466 e. The van der Waals surface area contributed by atoms with Gasteiger partial charge in [-0.15, -0.1) is 0 Å². The van der Waals surface area contributed by atoms with E-state index in [-0.39, 0.29) is 12.0 Å². The standard InChI is InChI=1S/C12H23NO4S/c1-4-17-12(14)9-10-5-7-11(8-6-10)13(2)18(3,15)16/h10-11H,4-9H2,1-3H3/t10-,11-. The van der Waals surface area contributed by atoms with Gasteiger partial charge < -0.3 is 4.74 Å². The fourth-order valence-corrected chi connectivity index (χ4v) is 3.19. The molecule has 1 aliphatic rings. The molecule has 0 spiro atoms. The van der Waals surface area contributed by atoms with E-state index in [4.69, 9.17) is 4.74 Å². The van der Waals surface area contributed by atoms with Gasteiger partial charge in [0.25, 0.3) is 0 Å². The van der Waals surface area contributed by atoms with Crippen LogP contribution in [-0.4, -0.2) is 44.6 Å². The Labute approximate surface area is 110 Å². The molecule has 0 bridgehead atoms. The highest BCUT2D eigenvalue weighted by Crippen LogP contribution is 2.30. The molecule has 0 aromatic carbocycles. The number of ether oxygens (including phenoxy) is 1. The molecule has 106 valence electrons. The molecule has 0 aliphatic heterocycles. The normalized spacial score (nSPS) is 25.1. The van der Waals surface area contributed by atoms with Gasteiger partial charge in [-0.3, -0.25) is 4.79 Å². The van der Waals surface area contributed by atoms with Crippen molar-refractivity contribution >= 4 is 16.0 Å². The Morgan fingerprint density at radius 2 is 1.83 bits per heavy atom. The van der Waals surface area contributed by atoms with Crippen LogP contribution in [0.25, 0.3) is 0 Å². The van der Waals surface area contributed by atoms with Crippen molar-refractivity contribution in [1.82, 2.24) is 4.31 Å². The lowest BCUT2D eigenvalue weighted by molar-refractivity contribution is -0.144. The average molecular weight is 277 g/mol. The third-order valence-corrected chi connectivity index (χ3v) is 4.96. The molecule has 0 amide bonds. The molecular weight excluding hydrogens is 254 g/mol. The fraction of sp³-hybridized carbons (Fsp3) is 0.917. The van der Waals surface area contributed by atoms with Crippen molar-refractivity contribution in [2.75, 3.05) is 19.9 Å². The van der Waals surface area contributed by atoms with Gasteiger partial charge >= 0.3 is 5.97 Å². The number of carbonyl (C=O) groups is 1. The first-order valence-electron chi connectivity index (χ1n) is 6.43. The molecule has 18 heavy (non-hydrogen) atoms. The number of hydrogen-bond donors (Lipinski definition) is 0. The minimum Gasteiger partial charge on any atom is -0.466 e. The van der Waals surface area contributed by atoms with Gasteiger partial charge in [0.2, 0.25) is 10.0 Å². The Morgan fingerprint density at radius 1 is 1.28 bits per heavy atom. The SMILES string of the molecule is CCOC(=O)C[C@H]1CC[C@H](N(C)S(C)(=O)=O)CC1. The highest BCUT2D eigenvalue weighted by molar-refractivity contribution is 7.88. The Kier molecular flexibility index (Phi) is 5.59. The first-order valence-corrected chi connectivity index (χ1v) is 8.28. The van der Waals surface area contributed by atoms with Crippen LogP contribution in [0.3, 0.4) is 0 Å². The molecule has 0 N–H and O–H groups in total. The molecule has 1 aliphatic carbocycles. The molecule has 0 atom stereocenters. The minimum absolute atomic E-state index is 0.0819.